The number of sulfonamides is 1. The molecule has 1 atom stereocenters. The van der Waals surface area contributed by atoms with Gasteiger partial charge in [-0.2, -0.15) is 4.31 Å². The van der Waals surface area contributed by atoms with Gasteiger partial charge in [0, 0.05) is 48.8 Å². The summed E-state index contributed by atoms with van der Waals surface area (Å²) in [5.74, 6) is 0.410. The molecule has 4 rings (SSSR count). The molecule has 1 aliphatic heterocycles. The summed E-state index contributed by atoms with van der Waals surface area (Å²) in [5.41, 5.74) is 2.67. The normalized spacial score (nSPS) is 17.9. The number of H-pyrrole nitrogens is 1. The van der Waals surface area contributed by atoms with Crippen LogP contribution in [-0.2, 0) is 16.4 Å². The Morgan fingerprint density at radius 3 is 2.73 bits per heavy atom. The zero-order valence-corrected chi connectivity index (χ0v) is 17.7. The van der Waals surface area contributed by atoms with Crippen molar-refractivity contribution in [3.8, 4) is 11.3 Å². The molecule has 1 saturated heterocycles. The van der Waals surface area contributed by atoms with E-state index in [1.54, 1.807) is 31.5 Å². The molecule has 0 aliphatic carbocycles. The molecular formula is C21H24N4O4S. The predicted molar refractivity (Wildman–Crippen MR) is 113 cm³/mol. The molecule has 3 aromatic heterocycles. The van der Waals surface area contributed by atoms with Gasteiger partial charge in [-0.1, -0.05) is 6.92 Å². The number of hydrogen-bond acceptors (Lipinski definition) is 6. The fraction of sp³-hybridized carbons (Fsp3) is 0.333. The summed E-state index contributed by atoms with van der Waals surface area (Å²) in [6.45, 7) is 5.07. The summed E-state index contributed by atoms with van der Waals surface area (Å²) >= 11 is 0. The lowest BCUT2D eigenvalue weighted by Crippen LogP contribution is -2.48. The standard InChI is InChI=1S/C21H24N4O4S/c1-3-15-12-17(14(2)24-21(15)26)19-4-5-20(29-19)30(27,28)25-11-10-23-13-18(25)16-6-8-22-9-7-16/h4-9,12,18,23H,3,10-11,13H2,1-2H3,(H,24,26). The van der Waals surface area contributed by atoms with Crippen LogP contribution in [0.1, 0.15) is 29.8 Å². The number of aromatic amines is 1. The second-order valence-electron chi connectivity index (χ2n) is 7.25. The van der Waals surface area contributed by atoms with Crippen molar-refractivity contribution in [1.82, 2.24) is 19.6 Å². The highest BCUT2D eigenvalue weighted by atomic mass is 32.2. The number of hydrogen-bond donors (Lipinski definition) is 2. The van der Waals surface area contributed by atoms with E-state index in [2.05, 4.69) is 15.3 Å². The number of rotatable bonds is 5. The van der Waals surface area contributed by atoms with E-state index in [4.69, 9.17) is 4.42 Å². The van der Waals surface area contributed by atoms with E-state index in [-0.39, 0.29) is 16.7 Å². The molecule has 0 saturated carbocycles. The number of aromatic nitrogens is 2. The van der Waals surface area contributed by atoms with Crippen LogP contribution >= 0.6 is 0 Å². The van der Waals surface area contributed by atoms with Gasteiger partial charge in [-0.05, 0) is 49.2 Å². The van der Waals surface area contributed by atoms with E-state index in [0.29, 0.717) is 48.6 Å². The SMILES string of the molecule is CCc1cc(-c2ccc(S(=O)(=O)N3CCNCC3c3ccncc3)o2)c(C)[nH]c1=O. The summed E-state index contributed by atoms with van der Waals surface area (Å²) < 4.78 is 34.1. The van der Waals surface area contributed by atoms with E-state index >= 15 is 0 Å². The van der Waals surface area contributed by atoms with Crippen molar-refractivity contribution in [2.45, 2.75) is 31.4 Å². The smallest absolute Gasteiger partial charge is 0.277 e. The van der Waals surface area contributed by atoms with Gasteiger partial charge in [0.2, 0.25) is 5.09 Å². The van der Waals surface area contributed by atoms with Crippen LogP contribution in [0.15, 0.2) is 57.0 Å². The van der Waals surface area contributed by atoms with Gasteiger partial charge in [0.1, 0.15) is 5.76 Å². The maximum Gasteiger partial charge on any atom is 0.277 e. The van der Waals surface area contributed by atoms with Gasteiger partial charge < -0.3 is 14.7 Å². The summed E-state index contributed by atoms with van der Waals surface area (Å²) in [5, 5.41) is 3.14. The minimum atomic E-state index is -3.85. The highest BCUT2D eigenvalue weighted by Crippen LogP contribution is 2.32. The summed E-state index contributed by atoms with van der Waals surface area (Å²) in [7, 11) is -3.85. The molecule has 1 aliphatic rings. The lowest BCUT2D eigenvalue weighted by molar-refractivity contribution is 0.264. The highest BCUT2D eigenvalue weighted by Gasteiger charge is 2.36. The molecule has 30 heavy (non-hydrogen) atoms. The zero-order chi connectivity index (χ0) is 21.3. The Morgan fingerprint density at radius 2 is 2.00 bits per heavy atom. The second kappa shape index (κ2) is 8.17. The lowest BCUT2D eigenvalue weighted by atomic mass is 10.1. The van der Waals surface area contributed by atoms with Gasteiger partial charge >= 0.3 is 0 Å². The van der Waals surface area contributed by atoms with Crippen molar-refractivity contribution >= 4 is 10.0 Å². The van der Waals surface area contributed by atoms with Gasteiger partial charge in [-0.15, -0.1) is 0 Å². The van der Waals surface area contributed by atoms with Crippen molar-refractivity contribution in [2.24, 2.45) is 0 Å². The van der Waals surface area contributed by atoms with Crippen molar-refractivity contribution in [2.75, 3.05) is 19.6 Å². The van der Waals surface area contributed by atoms with Crippen LogP contribution in [0.25, 0.3) is 11.3 Å². The molecule has 0 spiro atoms. The Hall–Kier alpha value is -2.75. The molecule has 3 aromatic rings. The zero-order valence-electron chi connectivity index (χ0n) is 16.9. The van der Waals surface area contributed by atoms with Crippen LogP contribution in [0.5, 0.6) is 0 Å². The number of pyridine rings is 2. The topological polar surface area (TPSA) is 108 Å². The third-order valence-electron chi connectivity index (χ3n) is 5.39. The first-order valence-electron chi connectivity index (χ1n) is 9.87. The third-order valence-corrected chi connectivity index (χ3v) is 7.17. The molecule has 9 heteroatoms. The molecule has 0 radical (unpaired) electrons. The third kappa shape index (κ3) is 3.71. The molecule has 158 valence electrons. The second-order valence-corrected chi connectivity index (χ2v) is 9.07. The van der Waals surface area contributed by atoms with Crippen molar-refractivity contribution < 1.29 is 12.8 Å². The summed E-state index contributed by atoms with van der Waals surface area (Å²) in [6.07, 6.45) is 3.89. The van der Waals surface area contributed by atoms with E-state index in [0.717, 1.165) is 5.56 Å². The van der Waals surface area contributed by atoms with Crippen LogP contribution in [0.2, 0.25) is 0 Å². The average molecular weight is 429 g/mol. The molecule has 2 N–H and O–H groups in total. The Labute approximate surface area is 175 Å². The van der Waals surface area contributed by atoms with Gasteiger partial charge in [0.05, 0.1) is 6.04 Å². The van der Waals surface area contributed by atoms with Crippen molar-refractivity contribution in [3.05, 3.63) is 69.9 Å². The molecular weight excluding hydrogens is 404 g/mol. The quantitative estimate of drug-likeness (QED) is 0.645. The molecule has 1 unspecified atom stereocenters. The number of piperazine rings is 1. The fourth-order valence-electron chi connectivity index (χ4n) is 3.75. The number of nitrogens with one attached hydrogen (secondary N) is 2. The fourth-order valence-corrected chi connectivity index (χ4v) is 5.28. The van der Waals surface area contributed by atoms with E-state index in [1.165, 1.54) is 10.4 Å². The van der Waals surface area contributed by atoms with Crippen molar-refractivity contribution in [1.29, 1.82) is 0 Å². The Kier molecular flexibility index (Phi) is 5.59. The van der Waals surface area contributed by atoms with Crippen molar-refractivity contribution in [3.63, 3.8) is 0 Å². The van der Waals surface area contributed by atoms with Gasteiger partial charge in [0.25, 0.3) is 15.6 Å². The molecule has 1 fully saturated rings. The number of aryl methyl sites for hydroxylation is 2. The first-order valence-corrected chi connectivity index (χ1v) is 11.3. The Balaban J connectivity index is 1.71. The monoisotopic (exact) mass is 428 g/mol. The largest absolute Gasteiger partial charge is 0.443 e. The van der Waals surface area contributed by atoms with Crippen LogP contribution < -0.4 is 10.9 Å². The lowest BCUT2D eigenvalue weighted by Gasteiger charge is -2.34. The van der Waals surface area contributed by atoms with Crippen LogP contribution in [0.4, 0.5) is 0 Å². The van der Waals surface area contributed by atoms with Gasteiger partial charge in [-0.25, -0.2) is 8.42 Å². The predicted octanol–water partition coefficient (Wildman–Crippen LogP) is 2.24. The first kappa shape index (κ1) is 20.5. The van der Waals surface area contributed by atoms with Gasteiger partial charge in [0.15, 0.2) is 0 Å². The summed E-state index contributed by atoms with van der Waals surface area (Å²) in [6, 6.07) is 8.17. The molecule has 0 aromatic carbocycles. The van der Waals surface area contributed by atoms with Gasteiger partial charge in [-0.3, -0.25) is 9.78 Å². The average Bonchev–Trinajstić information content (AvgIpc) is 3.25. The first-order chi connectivity index (χ1) is 14.4. The number of furan rings is 1. The minimum Gasteiger partial charge on any atom is -0.443 e. The molecule has 8 nitrogen and oxygen atoms in total. The van der Waals surface area contributed by atoms with Crippen LogP contribution in [0, 0.1) is 6.92 Å². The summed E-state index contributed by atoms with van der Waals surface area (Å²) in [4.78, 5) is 18.8. The Morgan fingerprint density at radius 1 is 1.23 bits per heavy atom. The van der Waals surface area contributed by atoms with Crippen LogP contribution in [0.3, 0.4) is 0 Å². The van der Waals surface area contributed by atoms with Crippen LogP contribution in [-0.4, -0.2) is 42.3 Å². The van der Waals surface area contributed by atoms with E-state index in [1.807, 2.05) is 19.1 Å². The van der Waals surface area contributed by atoms with E-state index in [9.17, 15) is 13.2 Å². The van der Waals surface area contributed by atoms with E-state index < -0.39 is 10.0 Å². The highest BCUT2D eigenvalue weighted by molar-refractivity contribution is 7.89. The minimum absolute atomic E-state index is 0.109. The molecule has 0 amide bonds. The molecule has 0 bridgehead atoms. The maximum absolute atomic E-state index is 13.4. The number of nitrogens with zero attached hydrogens (tertiary/aromatic N) is 2. The molecule has 4 heterocycles. The Bertz CT molecular complexity index is 1200. The maximum atomic E-state index is 13.4.